The summed E-state index contributed by atoms with van der Waals surface area (Å²) in [5.74, 6) is 0.646. The van der Waals surface area contributed by atoms with Crippen LogP contribution in [0.1, 0.15) is 12.8 Å². The van der Waals surface area contributed by atoms with E-state index in [9.17, 15) is 13.2 Å². The van der Waals surface area contributed by atoms with E-state index in [1.807, 2.05) is 0 Å². The molecule has 0 unspecified atom stereocenters. The van der Waals surface area contributed by atoms with Crippen molar-refractivity contribution in [2.45, 2.75) is 23.8 Å². The summed E-state index contributed by atoms with van der Waals surface area (Å²) in [5, 5.41) is 0. The first-order valence-corrected chi connectivity index (χ1v) is 10.0. The van der Waals surface area contributed by atoms with Crippen LogP contribution in [0.25, 0.3) is 0 Å². The molecule has 2 aliphatic heterocycles. The minimum atomic E-state index is -3.81. The summed E-state index contributed by atoms with van der Waals surface area (Å²) in [5.41, 5.74) is 0. The fourth-order valence-electron chi connectivity index (χ4n) is 3.38. The molecule has 0 bridgehead atoms. The Balaban J connectivity index is 1.86. The van der Waals surface area contributed by atoms with E-state index < -0.39 is 16.1 Å². The van der Waals surface area contributed by atoms with Crippen molar-refractivity contribution in [3.8, 4) is 11.5 Å². The van der Waals surface area contributed by atoms with E-state index in [1.165, 1.54) is 30.7 Å². The Morgan fingerprint density at radius 3 is 2.46 bits per heavy atom. The van der Waals surface area contributed by atoms with E-state index in [1.54, 1.807) is 11.0 Å². The molecule has 2 fully saturated rings. The molecule has 0 aliphatic carbocycles. The number of morpholine rings is 1. The number of rotatable bonds is 5. The topological polar surface area (TPSA) is 85.4 Å². The summed E-state index contributed by atoms with van der Waals surface area (Å²) < 4.78 is 43.2. The van der Waals surface area contributed by atoms with Gasteiger partial charge in [-0.05, 0) is 25.0 Å². The summed E-state index contributed by atoms with van der Waals surface area (Å²) >= 11 is 0. The van der Waals surface area contributed by atoms with Crippen LogP contribution in [-0.2, 0) is 19.6 Å². The second-order valence-electron chi connectivity index (χ2n) is 6.23. The van der Waals surface area contributed by atoms with Gasteiger partial charge in [-0.2, -0.15) is 4.31 Å². The van der Waals surface area contributed by atoms with Gasteiger partial charge in [-0.3, -0.25) is 4.79 Å². The Morgan fingerprint density at radius 1 is 1.12 bits per heavy atom. The maximum absolute atomic E-state index is 13.1. The Bertz CT molecular complexity index is 761. The molecule has 26 heavy (non-hydrogen) atoms. The van der Waals surface area contributed by atoms with E-state index in [-0.39, 0.29) is 10.8 Å². The van der Waals surface area contributed by atoms with Gasteiger partial charge in [0.2, 0.25) is 15.9 Å². The van der Waals surface area contributed by atoms with Crippen LogP contribution in [0, 0.1) is 0 Å². The van der Waals surface area contributed by atoms with Crippen LogP contribution in [0.2, 0.25) is 0 Å². The maximum Gasteiger partial charge on any atom is 0.243 e. The summed E-state index contributed by atoms with van der Waals surface area (Å²) in [6.07, 6.45) is 1.19. The highest BCUT2D eigenvalue weighted by atomic mass is 32.2. The monoisotopic (exact) mass is 384 g/mol. The zero-order valence-electron chi connectivity index (χ0n) is 15.0. The number of hydrogen-bond acceptors (Lipinski definition) is 6. The van der Waals surface area contributed by atoms with E-state index in [2.05, 4.69) is 0 Å². The molecule has 1 aromatic rings. The highest BCUT2D eigenvalue weighted by Crippen LogP contribution is 2.33. The molecule has 3 rings (SSSR count). The molecule has 2 aliphatic rings. The van der Waals surface area contributed by atoms with Gasteiger partial charge in [0.25, 0.3) is 0 Å². The maximum atomic E-state index is 13.1. The first kappa shape index (κ1) is 18.9. The molecule has 0 N–H and O–H groups in total. The second-order valence-corrected chi connectivity index (χ2v) is 8.12. The summed E-state index contributed by atoms with van der Waals surface area (Å²) in [6.45, 7) is 2.30. The molecular formula is C17H24N2O6S. The van der Waals surface area contributed by atoms with Gasteiger partial charge >= 0.3 is 0 Å². The molecule has 1 amide bonds. The van der Waals surface area contributed by atoms with Crippen LogP contribution in [0.3, 0.4) is 0 Å². The number of carbonyl (C=O) groups is 1. The first-order chi connectivity index (χ1) is 12.5. The van der Waals surface area contributed by atoms with Crippen LogP contribution in [0.15, 0.2) is 23.1 Å². The highest BCUT2D eigenvalue weighted by molar-refractivity contribution is 7.89. The standard InChI is InChI=1S/C17H24N2O6S/c1-23-15-6-5-13(12-16(15)24-2)26(21,22)19-7-3-4-14(19)17(20)18-8-10-25-11-9-18/h5-6,12,14H,3-4,7-11H2,1-2H3/t14-/m1/s1. The lowest BCUT2D eigenvalue weighted by Crippen LogP contribution is -2.50. The van der Waals surface area contributed by atoms with Gasteiger partial charge in [-0.15, -0.1) is 0 Å². The van der Waals surface area contributed by atoms with Crippen LogP contribution < -0.4 is 9.47 Å². The number of amides is 1. The third-order valence-electron chi connectivity index (χ3n) is 4.77. The van der Waals surface area contributed by atoms with Crippen molar-refractivity contribution >= 4 is 15.9 Å². The van der Waals surface area contributed by atoms with Crippen molar-refractivity contribution < 1.29 is 27.4 Å². The molecule has 2 heterocycles. The van der Waals surface area contributed by atoms with Gasteiger partial charge in [-0.1, -0.05) is 0 Å². The third kappa shape index (κ3) is 3.51. The zero-order valence-corrected chi connectivity index (χ0v) is 15.8. The van der Waals surface area contributed by atoms with E-state index >= 15 is 0 Å². The third-order valence-corrected chi connectivity index (χ3v) is 6.68. The van der Waals surface area contributed by atoms with Crippen LogP contribution in [0.5, 0.6) is 11.5 Å². The van der Waals surface area contributed by atoms with Gasteiger partial charge < -0.3 is 19.1 Å². The van der Waals surface area contributed by atoms with Crippen LogP contribution >= 0.6 is 0 Å². The van der Waals surface area contributed by atoms with Gasteiger partial charge in [-0.25, -0.2) is 8.42 Å². The number of benzene rings is 1. The zero-order chi connectivity index (χ0) is 18.7. The predicted octanol–water partition coefficient (Wildman–Crippen LogP) is 0.716. The van der Waals surface area contributed by atoms with Crippen LogP contribution in [0.4, 0.5) is 0 Å². The number of sulfonamides is 1. The lowest BCUT2D eigenvalue weighted by atomic mass is 10.2. The van der Waals surface area contributed by atoms with Crippen molar-refractivity contribution in [1.29, 1.82) is 0 Å². The number of carbonyl (C=O) groups excluding carboxylic acids is 1. The van der Waals surface area contributed by atoms with Crippen molar-refractivity contribution in [1.82, 2.24) is 9.21 Å². The van der Waals surface area contributed by atoms with Gasteiger partial charge in [0.05, 0.1) is 32.3 Å². The minimum Gasteiger partial charge on any atom is -0.493 e. The van der Waals surface area contributed by atoms with E-state index in [0.29, 0.717) is 57.2 Å². The molecule has 1 atom stereocenters. The van der Waals surface area contributed by atoms with Crippen LogP contribution in [-0.4, -0.2) is 76.6 Å². The van der Waals surface area contributed by atoms with E-state index in [4.69, 9.17) is 14.2 Å². The molecular weight excluding hydrogens is 360 g/mol. The Hall–Kier alpha value is -1.84. The molecule has 9 heteroatoms. The average molecular weight is 384 g/mol. The predicted molar refractivity (Wildman–Crippen MR) is 93.9 cm³/mol. The molecule has 0 spiro atoms. The molecule has 1 aromatic carbocycles. The Morgan fingerprint density at radius 2 is 1.81 bits per heavy atom. The molecule has 0 aromatic heterocycles. The minimum absolute atomic E-state index is 0.0943. The van der Waals surface area contributed by atoms with Gasteiger partial charge in [0.1, 0.15) is 6.04 Å². The summed E-state index contributed by atoms with van der Waals surface area (Å²) in [6, 6.07) is 3.81. The average Bonchev–Trinajstić information content (AvgIpc) is 3.18. The Kier molecular flexibility index (Phi) is 5.69. The van der Waals surface area contributed by atoms with Crippen molar-refractivity contribution in [2.75, 3.05) is 47.1 Å². The van der Waals surface area contributed by atoms with Crippen molar-refractivity contribution in [3.05, 3.63) is 18.2 Å². The van der Waals surface area contributed by atoms with E-state index in [0.717, 1.165) is 0 Å². The number of nitrogens with zero attached hydrogens (tertiary/aromatic N) is 2. The smallest absolute Gasteiger partial charge is 0.243 e. The highest BCUT2D eigenvalue weighted by Gasteiger charge is 2.41. The lowest BCUT2D eigenvalue weighted by Gasteiger charge is -2.32. The quantitative estimate of drug-likeness (QED) is 0.744. The molecule has 8 nitrogen and oxygen atoms in total. The fraction of sp³-hybridized carbons (Fsp3) is 0.588. The van der Waals surface area contributed by atoms with Crippen molar-refractivity contribution in [3.63, 3.8) is 0 Å². The number of ether oxygens (including phenoxy) is 3. The first-order valence-electron chi connectivity index (χ1n) is 8.59. The SMILES string of the molecule is COc1ccc(S(=O)(=O)N2CCC[C@@H]2C(=O)N2CCOCC2)cc1OC. The number of hydrogen-bond donors (Lipinski definition) is 0. The largest absolute Gasteiger partial charge is 0.493 e. The Labute approximate surface area is 153 Å². The lowest BCUT2D eigenvalue weighted by molar-refractivity contribution is -0.138. The van der Waals surface area contributed by atoms with Gasteiger partial charge in [0.15, 0.2) is 11.5 Å². The second kappa shape index (κ2) is 7.81. The summed E-state index contributed by atoms with van der Waals surface area (Å²) in [7, 11) is -0.867. The molecule has 144 valence electrons. The van der Waals surface area contributed by atoms with Crippen molar-refractivity contribution in [2.24, 2.45) is 0 Å². The fourth-order valence-corrected chi connectivity index (χ4v) is 5.05. The van der Waals surface area contributed by atoms with Gasteiger partial charge in [0, 0.05) is 25.7 Å². The molecule has 0 radical (unpaired) electrons. The molecule has 0 saturated carbocycles. The normalized spacial score (nSPS) is 21.6. The summed E-state index contributed by atoms with van der Waals surface area (Å²) in [4.78, 5) is 14.6. The number of methoxy groups -OCH3 is 2. The molecule has 2 saturated heterocycles.